The Morgan fingerprint density at radius 2 is 1.61 bits per heavy atom. The molecule has 0 atom stereocenters. The monoisotopic (exact) mass is 481 g/mol. The molecule has 3 aromatic rings. The van der Waals surface area contributed by atoms with Gasteiger partial charge in [-0.25, -0.2) is 8.42 Å². The van der Waals surface area contributed by atoms with Gasteiger partial charge in [0, 0.05) is 17.5 Å². The van der Waals surface area contributed by atoms with Crippen molar-refractivity contribution in [2.24, 2.45) is 0 Å². The van der Waals surface area contributed by atoms with Crippen molar-refractivity contribution in [2.75, 3.05) is 16.6 Å². The summed E-state index contributed by atoms with van der Waals surface area (Å²) in [6.07, 6.45) is 3.03. The zero-order valence-electron chi connectivity index (χ0n) is 17.8. The fraction of sp³-hybridized carbons (Fsp3) is 0.0833. The summed E-state index contributed by atoms with van der Waals surface area (Å²) in [5.74, 6) is 0.367. The van der Waals surface area contributed by atoms with Gasteiger partial charge < -0.3 is 10.1 Å². The molecular formula is C24H23N3O4S2. The van der Waals surface area contributed by atoms with E-state index in [9.17, 15) is 13.2 Å². The lowest BCUT2D eigenvalue weighted by atomic mass is 10.2. The molecule has 0 unspecified atom stereocenters. The third-order valence-electron chi connectivity index (χ3n) is 4.30. The van der Waals surface area contributed by atoms with Gasteiger partial charge in [-0.1, -0.05) is 30.3 Å². The van der Waals surface area contributed by atoms with Crippen LogP contribution in [-0.2, 0) is 14.8 Å². The highest BCUT2D eigenvalue weighted by molar-refractivity contribution is 7.92. The SMILES string of the molecule is CCOc1ccc(/C=C/C(=O)NC(=S)Nc2ccc(S(=O)(=O)Nc3ccccc3)cc2)cc1. The minimum Gasteiger partial charge on any atom is -0.494 e. The summed E-state index contributed by atoms with van der Waals surface area (Å²) >= 11 is 5.16. The Bertz CT molecular complexity index is 1220. The number of carbonyl (C=O) groups is 1. The van der Waals surface area contributed by atoms with Crippen LogP contribution in [0.2, 0.25) is 0 Å². The van der Waals surface area contributed by atoms with E-state index in [0.29, 0.717) is 18.0 Å². The number of hydrogen-bond donors (Lipinski definition) is 3. The molecule has 0 radical (unpaired) electrons. The van der Waals surface area contributed by atoms with Crippen LogP contribution in [0.1, 0.15) is 12.5 Å². The molecule has 1 amide bonds. The van der Waals surface area contributed by atoms with Crippen LogP contribution in [0.5, 0.6) is 5.75 Å². The summed E-state index contributed by atoms with van der Waals surface area (Å²) in [4.78, 5) is 12.2. The molecule has 0 saturated heterocycles. The molecule has 0 aliphatic rings. The van der Waals surface area contributed by atoms with Crippen LogP contribution >= 0.6 is 12.2 Å². The largest absolute Gasteiger partial charge is 0.494 e. The number of thiocarbonyl (C=S) groups is 1. The van der Waals surface area contributed by atoms with Crippen LogP contribution in [-0.4, -0.2) is 26.0 Å². The van der Waals surface area contributed by atoms with Crippen LogP contribution in [0.3, 0.4) is 0 Å². The Balaban J connectivity index is 1.53. The summed E-state index contributed by atoms with van der Waals surface area (Å²) in [6.45, 7) is 2.50. The van der Waals surface area contributed by atoms with Crippen molar-refractivity contribution in [3.05, 3.63) is 90.5 Å². The van der Waals surface area contributed by atoms with Crippen molar-refractivity contribution < 1.29 is 17.9 Å². The highest BCUT2D eigenvalue weighted by atomic mass is 32.2. The lowest BCUT2D eigenvalue weighted by Crippen LogP contribution is -2.32. The normalized spacial score (nSPS) is 11.1. The Kier molecular flexibility index (Phi) is 8.17. The fourth-order valence-corrected chi connectivity index (χ4v) is 4.04. The second-order valence-corrected chi connectivity index (χ2v) is 8.87. The Morgan fingerprint density at radius 3 is 2.24 bits per heavy atom. The van der Waals surface area contributed by atoms with Gasteiger partial charge in [0.2, 0.25) is 5.91 Å². The Hall–Kier alpha value is -3.69. The number of anilines is 2. The third-order valence-corrected chi connectivity index (χ3v) is 5.90. The lowest BCUT2D eigenvalue weighted by Gasteiger charge is -2.10. The predicted octanol–water partition coefficient (Wildman–Crippen LogP) is 4.41. The van der Waals surface area contributed by atoms with Crippen LogP contribution in [0, 0.1) is 0 Å². The van der Waals surface area contributed by atoms with Crippen molar-refractivity contribution >= 4 is 50.7 Å². The number of hydrogen-bond acceptors (Lipinski definition) is 5. The van der Waals surface area contributed by atoms with Crippen LogP contribution in [0.4, 0.5) is 11.4 Å². The fourth-order valence-electron chi connectivity index (χ4n) is 2.77. The molecule has 0 fully saturated rings. The molecule has 0 heterocycles. The molecule has 0 aromatic heterocycles. The van der Waals surface area contributed by atoms with Gasteiger partial charge in [-0.2, -0.15) is 0 Å². The Morgan fingerprint density at radius 1 is 0.939 bits per heavy atom. The van der Waals surface area contributed by atoms with Gasteiger partial charge in [0.1, 0.15) is 5.75 Å². The maximum atomic E-state index is 12.5. The second-order valence-electron chi connectivity index (χ2n) is 6.77. The van der Waals surface area contributed by atoms with Crippen molar-refractivity contribution in [3.8, 4) is 5.75 Å². The van der Waals surface area contributed by atoms with Gasteiger partial charge in [0.15, 0.2) is 5.11 Å². The highest BCUT2D eigenvalue weighted by Gasteiger charge is 2.14. The minimum absolute atomic E-state index is 0.0920. The quantitative estimate of drug-likeness (QED) is 0.326. The van der Waals surface area contributed by atoms with Crippen molar-refractivity contribution in [2.45, 2.75) is 11.8 Å². The van der Waals surface area contributed by atoms with E-state index in [1.165, 1.54) is 18.2 Å². The molecule has 7 nitrogen and oxygen atoms in total. The van der Waals surface area contributed by atoms with Crippen molar-refractivity contribution in [3.63, 3.8) is 0 Å². The summed E-state index contributed by atoms with van der Waals surface area (Å²) in [5, 5.41) is 5.49. The van der Waals surface area contributed by atoms with E-state index in [1.807, 2.05) is 31.2 Å². The molecule has 3 rings (SSSR count). The standard InChI is InChI=1S/C24H23N3O4S2/c1-2-31-21-13-8-18(9-14-21)10-17-23(28)26-24(32)25-19-11-15-22(16-12-19)33(29,30)27-20-6-4-3-5-7-20/h3-17,27H,2H2,1H3,(H2,25,26,28,32)/b17-10+. The number of benzene rings is 3. The maximum absolute atomic E-state index is 12.5. The third kappa shape index (κ3) is 7.44. The molecule has 0 aliphatic carbocycles. The summed E-state index contributed by atoms with van der Waals surface area (Å²) < 4.78 is 32.9. The molecular weight excluding hydrogens is 458 g/mol. The number of ether oxygens (including phenoxy) is 1. The van der Waals surface area contributed by atoms with Gasteiger partial charge >= 0.3 is 0 Å². The minimum atomic E-state index is -3.71. The first-order valence-electron chi connectivity index (χ1n) is 10.1. The smallest absolute Gasteiger partial charge is 0.261 e. The molecule has 170 valence electrons. The van der Waals surface area contributed by atoms with E-state index < -0.39 is 15.9 Å². The van der Waals surface area contributed by atoms with Gasteiger partial charge in [0.05, 0.1) is 11.5 Å². The van der Waals surface area contributed by atoms with E-state index in [2.05, 4.69) is 15.4 Å². The molecule has 0 bridgehead atoms. The summed E-state index contributed by atoms with van der Waals surface area (Å²) in [6, 6.07) is 22.0. The summed E-state index contributed by atoms with van der Waals surface area (Å²) in [5.41, 5.74) is 1.85. The number of sulfonamides is 1. The first kappa shape index (κ1) is 24.0. The molecule has 0 spiro atoms. The zero-order chi connectivity index (χ0) is 23.7. The van der Waals surface area contributed by atoms with E-state index >= 15 is 0 Å². The lowest BCUT2D eigenvalue weighted by molar-refractivity contribution is -0.115. The predicted molar refractivity (Wildman–Crippen MR) is 135 cm³/mol. The second kappa shape index (κ2) is 11.3. The average Bonchev–Trinajstić information content (AvgIpc) is 2.79. The van der Waals surface area contributed by atoms with E-state index in [-0.39, 0.29) is 10.0 Å². The van der Waals surface area contributed by atoms with Crippen molar-refractivity contribution in [1.82, 2.24) is 5.32 Å². The molecule has 9 heteroatoms. The Labute approximate surface area is 198 Å². The summed E-state index contributed by atoms with van der Waals surface area (Å²) in [7, 11) is -3.71. The van der Waals surface area contributed by atoms with E-state index in [4.69, 9.17) is 17.0 Å². The molecule has 0 saturated carbocycles. The first-order valence-corrected chi connectivity index (χ1v) is 12.0. The van der Waals surface area contributed by atoms with Crippen LogP contribution < -0.4 is 20.1 Å². The van der Waals surface area contributed by atoms with Gasteiger partial charge in [0.25, 0.3) is 10.0 Å². The van der Waals surface area contributed by atoms with Gasteiger partial charge in [-0.15, -0.1) is 0 Å². The van der Waals surface area contributed by atoms with Gasteiger partial charge in [-0.05, 0) is 79.3 Å². The first-order chi connectivity index (χ1) is 15.9. The van der Waals surface area contributed by atoms with Crippen LogP contribution in [0.15, 0.2) is 89.8 Å². The van der Waals surface area contributed by atoms with E-state index in [1.54, 1.807) is 48.5 Å². The number of rotatable bonds is 8. The molecule has 3 aromatic carbocycles. The topological polar surface area (TPSA) is 96.5 Å². The van der Waals surface area contributed by atoms with Gasteiger partial charge in [-0.3, -0.25) is 14.8 Å². The number of para-hydroxylation sites is 1. The zero-order valence-corrected chi connectivity index (χ0v) is 19.4. The molecule has 33 heavy (non-hydrogen) atoms. The van der Waals surface area contributed by atoms with E-state index in [0.717, 1.165) is 11.3 Å². The molecule has 3 N–H and O–H groups in total. The average molecular weight is 482 g/mol. The number of carbonyl (C=O) groups excluding carboxylic acids is 1. The number of amides is 1. The molecule has 0 aliphatic heterocycles. The number of nitrogens with one attached hydrogen (secondary N) is 3. The van der Waals surface area contributed by atoms with Crippen LogP contribution in [0.25, 0.3) is 6.08 Å². The van der Waals surface area contributed by atoms with Crippen molar-refractivity contribution in [1.29, 1.82) is 0 Å². The highest BCUT2D eigenvalue weighted by Crippen LogP contribution is 2.18. The maximum Gasteiger partial charge on any atom is 0.261 e.